The largest absolute Gasteiger partial charge is 0.465 e. The number of aryl methyl sites for hydroxylation is 1. The van der Waals surface area contributed by atoms with Crippen LogP contribution in [0.5, 0.6) is 0 Å². The molecule has 0 atom stereocenters. The van der Waals surface area contributed by atoms with Crippen molar-refractivity contribution in [2.45, 2.75) is 26.3 Å². The highest BCUT2D eigenvalue weighted by atomic mass is 79.9. The monoisotopic (exact) mass is 455 g/mol. The van der Waals surface area contributed by atoms with E-state index in [1.54, 1.807) is 0 Å². The number of pyridine rings is 1. The van der Waals surface area contributed by atoms with Gasteiger partial charge >= 0.3 is 5.97 Å². The number of rotatable bonds is 4. The second-order valence-corrected chi connectivity index (χ2v) is 8.54. The highest BCUT2D eigenvalue weighted by Crippen LogP contribution is 2.38. The fraction of sp³-hybridized carbons (Fsp3) is 0.273. The average molecular weight is 456 g/mol. The van der Waals surface area contributed by atoms with Crippen LogP contribution < -0.4 is 0 Å². The number of fused-ring (bicyclic) bond motifs is 2. The molecule has 3 heterocycles. The van der Waals surface area contributed by atoms with E-state index < -0.39 is 11.8 Å². The minimum atomic E-state index is -0.590. The van der Waals surface area contributed by atoms with Crippen molar-refractivity contribution in [2.75, 3.05) is 7.11 Å². The summed E-state index contributed by atoms with van der Waals surface area (Å²) < 4.78 is 24.3. The van der Waals surface area contributed by atoms with Gasteiger partial charge in [0.15, 0.2) is 0 Å². The lowest BCUT2D eigenvalue weighted by Gasteiger charge is -2.09. The number of aromatic nitrogens is 3. The molecule has 7 heteroatoms. The van der Waals surface area contributed by atoms with Gasteiger partial charge in [-0.3, -0.25) is 0 Å². The lowest BCUT2D eigenvalue weighted by molar-refractivity contribution is 0.0599. The van der Waals surface area contributed by atoms with E-state index in [-0.39, 0.29) is 5.56 Å². The molecule has 1 saturated carbocycles. The molecule has 0 N–H and O–H groups in total. The second kappa shape index (κ2) is 6.69. The Morgan fingerprint density at radius 2 is 2.10 bits per heavy atom. The Hall–Kier alpha value is -2.67. The molecule has 1 aliphatic carbocycles. The molecule has 3 aromatic heterocycles. The van der Waals surface area contributed by atoms with Crippen LogP contribution in [0, 0.1) is 18.7 Å². The van der Waals surface area contributed by atoms with Crippen LogP contribution in [0.25, 0.3) is 27.8 Å². The molecule has 0 saturated heterocycles. The maximum Gasteiger partial charge on any atom is 0.339 e. The number of hydrogen-bond donors (Lipinski definition) is 0. The van der Waals surface area contributed by atoms with Gasteiger partial charge in [-0.15, -0.1) is 0 Å². The van der Waals surface area contributed by atoms with Gasteiger partial charge in [0.05, 0.1) is 18.4 Å². The van der Waals surface area contributed by atoms with Gasteiger partial charge in [-0.1, -0.05) is 22.0 Å². The van der Waals surface area contributed by atoms with E-state index in [4.69, 9.17) is 4.74 Å². The third kappa shape index (κ3) is 3.04. The third-order valence-electron chi connectivity index (χ3n) is 5.58. The van der Waals surface area contributed by atoms with E-state index in [1.807, 2.05) is 13.0 Å². The first-order valence-corrected chi connectivity index (χ1v) is 10.3. The summed E-state index contributed by atoms with van der Waals surface area (Å²) in [6, 6.07) is 9.52. The number of methoxy groups -OCH3 is 1. The number of carbonyl (C=O) groups excluding carboxylic acids is 1. The molecular formula is C22H19BrFN3O2. The maximum absolute atomic E-state index is 14.8. The van der Waals surface area contributed by atoms with E-state index in [1.165, 1.54) is 36.7 Å². The Morgan fingerprint density at radius 3 is 2.83 bits per heavy atom. The van der Waals surface area contributed by atoms with Gasteiger partial charge in [-0.05, 0) is 49.9 Å². The molecule has 5 rings (SSSR count). The van der Waals surface area contributed by atoms with Gasteiger partial charge in [0.1, 0.15) is 17.0 Å². The topological polar surface area (TPSA) is 48.5 Å². The third-order valence-corrected chi connectivity index (χ3v) is 6.08. The predicted octanol–water partition coefficient (Wildman–Crippen LogP) is 5.36. The van der Waals surface area contributed by atoms with Gasteiger partial charge in [-0.25, -0.2) is 13.7 Å². The zero-order valence-corrected chi connectivity index (χ0v) is 17.7. The lowest BCUT2D eigenvalue weighted by atomic mass is 10.1. The van der Waals surface area contributed by atoms with Crippen LogP contribution >= 0.6 is 15.9 Å². The van der Waals surface area contributed by atoms with Gasteiger partial charge in [-0.2, -0.15) is 5.10 Å². The van der Waals surface area contributed by atoms with Crippen molar-refractivity contribution in [1.29, 1.82) is 0 Å². The Balaban J connectivity index is 1.75. The average Bonchev–Trinajstić information content (AvgIpc) is 3.37. The standard InChI is InChI=1S/C22H19BrFN3O2/c1-12-20(25-27-11-15(22(28)29-2)7-17(24)21(12)27)19-8-14-5-6-16(23)9-18(14)26(19)10-13-3-4-13/h5-9,11,13H,3-4,10H2,1-2H3. The van der Waals surface area contributed by atoms with Crippen LogP contribution in [0.1, 0.15) is 28.8 Å². The first-order valence-electron chi connectivity index (χ1n) is 9.52. The second-order valence-electron chi connectivity index (χ2n) is 7.62. The Labute approximate surface area is 175 Å². The first kappa shape index (κ1) is 18.4. The minimum absolute atomic E-state index is 0.133. The SMILES string of the molecule is COC(=O)c1cc(F)c2c(C)c(-c3cc4ccc(Br)cc4n3CC3CC3)nn2c1. The molecule has 0 aliphatic heterocycles. The Bertz CT molecular complexity index is 1290. The summed E-state index contributed by atoms with van der Waals surface area (Å²) in [7, 11) is 1.28. The van der Waals surface area contributed by atoms with E-state index in [2.05, 4.69) is 43.8 Å². The highest BCUT2D eigenvalue weighted by Gasteiger charge is 2.26. The lowest BCUT2D eigenvalue weighted by Crippen LogP contribution is -2.05. The summed E-state index contributed by atoms with van der Waals surface area (Å²) in [5.41, 5.74) is 4.07. The molecule has 0 spiro atoms. The fourth-order valence-electron chi connectivity index (χ4n) is 3.92. The number of benzene rings is 1. The van der Waals surface area contributed by atoms with Gasteiger partial charge in [0.25, 0.3) is 0 Å². The molecule has 0 amide bonds. The minimum Gasteiger partial charge on any atom is -0.465 e. The van der Waals surface area contributed by atoms with Gasteiger partial charge < -0.3 is 9.30 Å². The number of esters is 1. The molecule has 1 aromatic carbocycles. The smallest absolute Gasteiger partial charge is 0.339 e. The molecular weight excluding hydrogens is 437 g/mol. The predicted molar refractivity (Wildman–Crippen MR) is 113 cm³/mol. The summed E-state index contributed by atoms with van der Waals surface area (Å²) in [5.74, 6) is -0.409. The quantitative estimate of drug-likeness (QED) is 0.389. The number of hydrogen-bond acceptors (Lipinski definition) is 3. The molecule has 0 bridgehead atoms. The first-order chi connectivity index (χ1) is 14.0. The van der Waals surface area contributed by atoms with E-state index >= 15 is 0 Å². The van der Waals surface area contributed by atoms with E-state index in [0.717, 1.165) is 38.9 Å². The van der Waals surface area contributed by atoms with Gasteiger partial charge in [0, 0.05) is 33.7 Å². The zero-order valence-electron chi connectivity index (χ0n) is 16.1. The maximum atomic E-state index is 14.8. The molecule has 0 unspecified atom stereocenters. The van der Waals surface area contributed by atoms with Crippen molar-refractivity contribution in [3.8, 4) is 11.4 Å². The van der Waals surface area contributed by atoms with Crippen molar-refractivity contribution < 1.29 is 13.9 Å². The van der Waals surface area contributed by atoms with Crippen LogP contribution in [0.4, 0.5) is 4.39 Å². The molecule has 5 nitrogen and oxygen atoms in total. The number of carbonyl (C=O) groups is 1. The molecule has 29 heavy (non-hydrogen) atoms. The summed E-state index contributed by atoms with van der Waals surface area (Å²) >= 11 is 3.57. The molecule has 0 radical (unpaired) electrons. The normalized spacial score (nSPS) is 14.1. The summed E-state index contributed by atoms with van der Waals surface area (Å²) in [6.45, 7) is 2.78. The van der Waals surface area contributed by atoms with Crippen LogP contribution in [0.2, 0.25) is 0 Å². The Kier molecular flexibility index (Phi) is 4.24. The van der Waals surface area contributed by atoms with E-state index in [0.29, 0.717) is 11.4 Å². The number of nitrogens with zero attached hydrogens (tertiary/aromatic N) is 3. The molecule has 148 valence electrons. The molecule has 4 aromatic rings. The number of halogens is 2. The van der Waals surface area contributed by atoms with Crippen LogP contribution in [-0.2, 0) is 11.3 Å². The Morgan fingerprint density at radius 1 is 1.31 bits per heavy atom. The van der Waals surface area contributed by atoms with Crippen molar-refractivity contribution in [1.82, 2.24) is 14.2 Å². The van der Waals surface area contributed by atoms with Crippen LogP contribution in [0.15, 0.2) is 41.0 Å². The van der Waals surface area contributed by atoms with Crippen molar-refractivity contribution >= 4 is 38.3 Å². The van der Waals surface area contributed by atoms with E-state index in [9.17, 15) is 9.18 Å². The van der Waals surface area contributed by atoms with Gasteiger partial charge in [0.2, 0.25) is 0 Å². The summed E-state index contributed by atoms with van der Waals surface area (Å²) in [6.07, 6.45) is 3.98. The molecule has 1 aliphatic rings. The fourth-order valence-corrected chi connectivity index (χ4v) is 4.27. The van der Waals surface area contributed by atoms with Crippen molar-refractivity contribution in [3.05, 3.63) is 57.9 Å². The van der Waals surface area contributed by atoms with Crippen LogP contribution in [-0.4, -0.2) is 27.3 Å². The molecule has 1 fully saturated rings. The highest BCUT2D eigenvalue weighted by molar-refractivity contribution is 9.10. The van der Waals surface area contributed by atoms with Crippen molar-refractivity contribution in [2.24, 2.45) is 5.92 Å². The van der Waals surface area contributed by atoms with Crippen molar-refractivity contribution in [3.63, 3.8) is 0 Å². The summed E-state index contributed by atoms with van der Waals surface area (Å²) in [4.78, 5) is 11.9. The van der Waals surface area contributed by atoms with Crippen LogP contribution in [0.3, 0.4) is 0 Å². The number of ether oxygens (including phenoxy) is 1. The zero-order chi connectivity index (χ0) is 20.3. The summed E-state index contributed by atoms with van der Waals surface area (Å²) in [5, 5.41) is 5.78.